The van der Waals surface area contributed by atoms with Crippen LogP contribution in [0, 0.1) is 5.92 Å². The van der Waals surface area contributed by atoms with Gasteiger partial charge in [0.25, 0.3) is 5.91 Å². The number of carboxylic acid groups (broad SMARTS) is 1. The fourth-order valence-electron chi connectivity index (χ4n) is 2.63. The summed E-state index contributed by atoms with van der Waals surface area (Å²) >= 11 is 11.8. The first-order chi connectivity index (χ1) is 10.3. The highest BCUT2D eigenvalue weighted by atomic mass is 35.5. The van der Waals surface area contributed by atoms with Crippen molar-refractivity contribution in [2.75, 3.05) is 6.54 Å². The van der Waals surface area contributed by atoms with Crippen LogP contribution < -0.4 is 4.74 Å². The Kier molecular flexibility index (Phi) is 5.19. The molecule has 1 fully saturated rings. The Bertz CT molecular complexity index is 593. The summed E-state index contributed by atoms with van der Waals surface area (Å²) in [6, 6.07) is 4.41. The summed E-state index contributed by atoms with van der Waals surface area (Å²) in [5.74, 6) is -1.29. The van der Waals surface area contributed by atoms with Crippen LogP contribution in [-0.2, 0) is 9.59 Å². The summed E-state index contributed by atoms with van der Waals surface area (Å²) in [7, 11) is 0. The molecule has 1 aliphatic heterocycles. The number of hydrogen-bond donors (Lipinski definition) is 1. The molecular weight excluding hydrogens is 329 g/mol. The van der Waals surface area contributed by atoms with Gasteiger partial charge in [-0.15, -0.1) is 0 Å². The van der Waals surface area contributed by atoms with Crippen LogP contribution in [0.1, 0.15) is 20.3 Å². The molecule has 1 amide bonds. The number of carbonyl (C=O) groups excluding carboxylic acids is 1. The molecule has 1 heterocycles. The van der Waals surface area contributed by atoms with Crippen molar-refractivity contribution in [2.24, 2.45) is 5.92 Å². The van der Waals surface area contributed by atoms with Gasteiger partial charge in [0.2, 0.25) is 0 Å². The van der Waals surface area contributed by atoms with Crippen molar-refractivity contribution in [3.05, 3.63) is 28.2 Å². The van der Waals surface area contributed by atoms with Gasteiger partial charge in [-0.3, -0.25) is 9.59 Å². The third-order valence-corrected chi connectivity index (χ3v) is 4.43. The second-order valence-electron chi connectivity index (χ2n) is 5.34. The Hall–Kier alpha value is -1.46. The number of rotatable bonds is 4. The first kappa shape index (κ1) is 16.9. The van der Waals surface area contributed by atoms with E-state index in [-0.39, 0.29) is 11.9 Å². The Morgan fingerprint density at radius 3 is 2.64 bits per heavy atom. The summed E-state index contributed by atoms with van der Waals surface area (Å²) in [5.41, 5.74) is 0. The fraction of sp³-hybridized carbons (Fsp3) is 0.467. The number of amides is 1. The van der Waals surface area contributed by atoms with Crippen LogP contribution in [0.4, 0.5) is 0 Å². The van der Waals surface area contributed by atoms with E-state index in [1.165, 1.54) is 6.07 Å². The fourth-order valence-corrected chi connectivity index (χ4v) is 3.08. The average molecular weight is 346 g/mol. The highest BCUT2D eigenvalue weighted by Gasteiger charge is 2.39. The molecule has 2 rings (SSSR count). The Morgan fingerprint density at radius 2 is 2.09 bits per heavy atom. The lowest BCUT2D eigenvalue weighted by molar-refractivity contribution is -0.144. The summed E-state index contributed by atoms with van der Waals surface area (Å²) in [4.78, 5) is 25.1. The summed E-state index contributed by atoms with van der Waals surface area (Å²) in [6.45, 7) is 3.78. The predicted molar refractivity (Wildman–Crippen MR) is 83.5 cm³/mol. The first-order valence-electron chi connectivity index (χ1n) is 6.96. The zero-order valence-corrected chi connectivity index (χ0v) is 13.8. The van der Waals surface area contributed by atoms with Gasteiger partial charge in [-0.25, -0.2) is 0 Å². The van der Waals surface area contributed by atoms with E-state index >= 15 is 0 Å². The van der Waals surface area contributed by atoms with Crippen LogP contribution in [0.3, 0.4) is 0 Å². The number of hydrogen-bond acceptors (Lipinski definition) is 3. The lowest BCUT2D eigenvalue weighted by Crippen LogP contribution is -2.44. The lowest BCUT2D eigenvalue weighted by Gasteiger charge is -2.26. The molecule has 1 saturated heterocycles. The number of halogens is 2. The van der Waals surface area contributed by atoms with E-state index in [1.807, 2.05) is 0 Å². The standard InChI is InChI=1S/C15H17Cl2NO4/c1-8-11(15(20)21)5-6-18(8)14(19)9(2)22-13-4-3-10(16)7-12(13)17/h3-4,7-9,11H,5-6H2,1-2H3,(H,20,21). The molecule has 0 spiro atoms. The maximum Gasteiger partial charge on any atom is 0.308 e. The van der Waals surface area contributed by atoms with Gasteiger partial charge < -0.3 is 14.7 Å². The van der Waals surface area contributed by atoms with E-state index in [4.69, 9.17) is 33.0 Å². The van der Waals surface area contributed by atoms with Crippen LogP contribution in [0.5, 0.6) is 5.75 Å². The third kappa shape index (κ3) is 3.47. The van der Waals surface area contributed by atoms with Gasteiger partial charge in [0.1, 0.15) is 5.75 Å². The first-order valence-corrected chi connectivity index (χ1v) is 7.72. The van der Waals surface area contributed by atoms with Crippen molar-refractivity contribution in [3.63, 3.8) is 0 Å². The maximum atomic E-state index is 12.4. The molecule has 3 unspecified atom stereocenters. The van der Waals surface area contributed by atoms with E-state index in [0.717, 1.165) is 0 Å². The van der Waals surface area contributed by atoms with Crippen LogP contribution in [0.25, 0.3) is 0 Å². The van der Waals surface area contributed by atoms with Gasteiger partial charge in [0.15, 0.2) is 6.10 Å². The van der Waals surface area contributed by atoms with Crippen LogP contribution in [-0.4, -0.2) is 40.6 Å². The molecule has 3 atom stereocenters. The summed E-state index contributed by atoms with van der Waals surface area (Å²) in [5, 5.41) is 9.92. The van der Waals surface area contributed by atoms with Crippen LogP contribution >= 0.6 is 23.2 Å². The number of benzene rings is 1. The molecule has 5 nitrogen and oxygen atoms in total. The smallest absolute Gasteiger partial charge is 0.308 e. The molecule has 1 aliphatic rings. The van der Waals surface area contributed by atoms with Gasteiger partial charge in [-0.05, 0) is 38.5 Å². The molecule has 1 N–H and O–H groups in total. The number of carboxylic acids is 1. The Balaban J connectivity index is 2.05. The van der Waals surface area contributed by atoms with Crippen LogP contribution in [0.2, 0.25) is 10.0 Å². The van der Waals surface area contributed by atoms with Crippen molar-refractivity contribution in [3.8, 4) is 5.75 Å². The van der Waals surface area contributed by atoms with Crippen molar-refractivity contribution in [2.45, 2.75) is 32.4 Å². The number of carbonyl (C=O) groups is 2. The quantitative estimate of drug-likeness (QED) is 0.910. The largest absolute Gasteiger partial charge is 0.481 e. The van der Waals surface area contributed by atoms with E-state index in [0.29, 0.717) is 28.8 Å². The van der Waals surface area contributed by atoms with Gasteiger partial charge in [0.05, 0.1) is 10.9 Å². The van der Waals surface area contributed by atoms with Crippen molar-refractivity contribution in [1.29, 1.82) is 0 Å². The molecular formula is C15H17Cl2NO4. The topological polar surface area (TPSA) is 66.8 Å². The highest BCUT2D eigenvalue weighted by molar-refractivity contribution is 6.35. The zero-order valence-electron chi connectivity index (χ0n) is 12.3. The third-order valence-electron chi connectivity index (χ3n) is 3.90. The maximum absolute atomic E-state index is 12.4. The number of nitrogens with zero attached hydrogens (tertiary/aromatic N) is 1. The molecule has 0 aliphatic carbocycles. The van der Waals surface area contributed by atoms with Crippen molar-refractivity contribution < 1.29 is 19.4 Å². The van der Waals surface area contributed by atoms with E-state index in [1.54, 1.807) is 30.9 Å². The summed E-state index contributed by atoms with van der Waals surface area (Å²) in [6.07, 6.45) is -0.301. The SMILES string of the molecule is CC(Oc1ccc(Cl)cc1Cl)C(=O)N1CCC(C(=O)O)C1C. The minimum atomic E-state index is -0.878. The minimum absolute atomic E-state index is 0.248. The second kappa shape index (κ2) is 6.75. The second-order valence-corrected chi connectivity index (χ2v) is 6.18. The monoisotopic (exact) mass is 345 g/mol. The predicted octanol–water partition coefficient (Wildman–Crippen LogP) is 3.08. The molecule has 7 heteroatoms. The van der Waals surface area contributed by atoms with E-state index in [9.17, 15) is 9.59 Å². The molecule has 1 aromatic rings. The Morgan fingerprint density at radius 1 is 1.41 bits per heavy atom. The number of aliphatic carboxylic acids is 1. The summed E-state index contributed by atoms with van der Waals surface area (Å²) < 4.78 is 5.59. The van der Waals surface area contributed by atoms with Gasteiger partial charge in [-0.2, -0.15) is 0 Å². The lowest BCUT2D eigenvalue weighted by atomic mass is 10.0. The zero-order chi connectivity index (χ0) is 16.4. The molecule has 1 aromatic carbocycles. The van der Waals surface area contributed by atoms with Crippen molar-refractivity contribution >= 4 is 35.1 Å². The van der Waals surface area contributed by atoms with Gasteiger partial charge in [-0.1, -0.05) is 23.2 Å². The number of ether oxygens (including phenoxy) is 1. The average Bonchev–Trinajstić information content (AvgIpc) is 2.83. The van der Waals surface area contributed by atoms with E-state index < -0.39 is 18.0 Å². The number of likely N-dealkylation sites (tertiary alicyclic amines) is 1. The molecule has 0 aromatic heterocycles. The Labute approximate surface area is 138 Å². The molecule has 0 bridgehead atoms. The van der Waals surface area contributed by atoms with Gasteiger partial charge >= 0.3 is 5.97 Å². The molecule has 0 radical (unpaired) electrons. The van der Waals surface area contributed by atoms with Crippen molar-refractivity contribution in [1.82, 2.24) is 4.90 Å². The minimum Gasteiger partial charge on any atom is -0.481 e. The molecule has 0 saturated carbocycles. The normalized spacial score (nSPS) is 22.5. The molecule has 120 valence electrons. The molecule has 22 heavy (non-hydrogen) atoms. The van der Waals surface area contributed by atoms with Gasteiger partial charge in [0, 0.05) is 17.6 Å². The highest BCUT2D eigenvalue weighted by Crippen LogP contribution is 2.30. The van der Waals surface area contributed by atoms with Crippen LogP contribution in [0.15, 0.2) is 18.2 Å². The van der Waals surface area contributed by atoms with E-state index in [2.05, 4.69) is 0 Å².